The highest BCUT2D eigenvalue weighted by molar-refractivity contribution is 7.80. The summed E-state index contributed by atoms with van der Waals surface area (Å²) < 4.78 is 5.62. The van der Waals surface area contributed by atoms with Crippen molar-refractivity contribution >= 4 is 29.2 Å². The third kappa shape index (κ3) is 5.88. The fourth-order valence-electron chi connectivity index (χ4n) is 3.36. The standard InChI is InChI=1S/C18H28N6OS/c1-12-10-13(2)21-16(20-12)23-17(22-14-6-3-4-7-14)24-18(26)19-11-15-8-5-9-25-15/h10,14-15H,3-9,11H2,1-2H3,(H3,19,20,21,22,23,24,26). The van der Waals surface area contributed by atoms with Crippen molar-refractivity contribution in [2.75, 3.05) is 18.5 Å². The number of anilines is 1. The van der Waals surface area contributed by atoms with E-state index >= 15 is 0 Å². The lowest BCUT2D eigenvalue weighted by molar-refractivity contribution is 0.114. The van der Waals surface area contributed by atoms with Crippen molar-refractivity contribution in [1.82, 2.24) is 20.6 Å². The monoisotopic (exact) mass is 376 g/mol. The van der Waals surface area contributed by atoms with Gasteiger partial charge in [0.25, 0.3) is 0 Å². The van der Waals surface area contributed by atoms with Gasteiger partial charge in [0.15, 0.2) is 5.11 Å². The molecule has 8 heteroatoms. The van der Waals surface area contributed by atoms with Crippen molar-refractivity contribution in [2.45, 2.75) is 64.5 Å². The topological polar surface area (TPSA) is 83.5 Å². The molecule has 1 unspecified atom stereocenters. The number of thiocarbonyl (C=S) groups is 1. The summed E-state index contributed by atoms with van der Waals surface area (Å²) in [6.07, 6.45) is 7.10. The molecular formula is C18H28N6OS. The Kier molecular flexibility index (Phi) is 6.73. The van der Waals surface area contributed by atoms with E-state index < -0.39 is 0 Å². The van der Waals surface area contributed by atoms with Gasteiger partial charge < -0.3 is 15.4 Å². The van der Waals surface area contributed by atoms with E-state index in [-0.39, 0.29) is 6.10 Å². The maximum Gasteiger partial charge on any atom is 0.229 e. The van der Waals surface area contributed by atoms with Gasteiger partial charge in [0.1, 0.15) is 0 Å². The highest BCUT2D eigenvalue weighted by Crippen LogP contribution is 2.21. The zero-order valence-corrected chi connectivity index (χ0v) is 16.4. The molecule has 0 amide bonds. The first-order valence-corrected chi connectivity index (χ1v) is 9.83. The van der Waals surface area contributed by atoms with E-state index in [2.05, 4.69) is 25.9 Å². The summed E-state index contributed by atoms with van der Waals surface area (Å²) in [5.74, 6) is 1.14. The molecular weight excluding hydrogens is 348 g/mol. The molecule has 0 aromatic carbocycles. The Hall–Kier alpha value is -1.80. The van der Waals surface area contributed by atoms with Crippen molar-refractivity contribution < 1.29 is 4.74 Å². The van der Waals surface area contributed by atoms with Gasteiger partial charge in [-0.1, -0.05) is 12.8 Å². The second-order valence-electron chi connectivity index (χ2n) is 6.99. The zero-order chi connectivity index (χ0) is 18.4. The number of rotatable bonds is 4. The first-order chi connectivity index (χ1) is 12.6. The molecule has 1 saturated carbocycles. The normalized spacial score (nSPS) is 21.0. The molecule has 3 rings (SSSR count). The zero-order valence-electron chi connectivity index (χ0n) is 15.5. The van der Waals surface area contributed by atoms with Gasteiger partial charge in [0.2, 0.25) is 11.9 Å². The molecule has 2 aliphatic rings. The van der Waals surface area contributed by atoms with Crippen LogP contribution >= 0.6 is 12.2 Å². The number of hydrogen-bond donors (Lipinski definition) is 3. The Morgan fingerprint density at radius 3 is 2.58 bits per heavy atom. The molecule has 1 aliphatic heterocycles. The first-order valence-electron chi connectivity index (χ1n) is 9.42. The third-order valence-corrected chi connectivity index (χ3v) is 4.84. The van der Waals surface area contributed by atoms with Gasteiger partial charge in [-0.3, -0.25) is 5.32 Å². The minimum absolute atomic E-state index is 0.237. The highest BCUT2D eigenvalue weighted by Gasteiger charge is 2.18. The summed E-state index contributed by atoms with van der Waals surface area (Å²) in [7, 11) is 0. The summed E-state index contributed by atoms with van der Waals surface area (Å²) in [6, 6.07) is 2.26. The minimum Gasteiger partial charge on any atom is -0.376 e. The van der Waals surface area contributed by atoms with Crippen molar-refractivity contribution in [3.63, 3.8) is 0 Å². The van der Waals surface area contributed by atoms with Gasteiger partial charge in [-0.2, -0.15) is 0 Å². The summed E-state index contributed by atoms with van der Waals surface area (Å²) in [5, 5.41) is 10.1. The predicted octanol–water partition coefficient (Wildman–Crippen LogP) is 2.45. The molecule has 3 N–H and O–H groups in total. The number of aliphatic imine (C=N–C) groups is 1. The van der Waals surface area contributed by atoms with Crippen molar-refractivity contribution in [2.24, 2.45) is 4.99 Å². The lowest BCUT2D eigenvalue weighted by Crippen LogP contribution is -2.45. The first kappa shape index (κ1) is 19.0. The Bertz CT molecular complexity index is 633. The molecule has 0 bridgehead atoms. The number of hydrogen-bond acceptors (Lipinski definition) is 5. The van der Waals surface area contributed by atoms with Crippen LogP contribution in [0.25, 0.3) is 0 Å². The Morgan fingerprint density at radius 2 is 1.92 bits per heavy atom. The highest BCUT2D eigenvalue weighted by atomic mass is 32.1. The van der Waals surface area contributed by atoms with Crippen molar-refractivity contribution in [3.05, 3.63) is 17.5 Å². The predicted molar refractivity (Wildman–Crippen MR) is 108 cm³/mol. The largest absolute Gasteiger partial charge is 0.376 e. The average molecular weight is 377 g/mol. The second-order valence-corrected chi connectivity index (χ2v) is 7.39. The molecule has 1 aromatic rings. The second kappa shape index (κ2) is 9.23. The Morgan fingerprint density at radius 1 is 1.19 bits per heavy atom. The lowest BCUT2D eigenvalue weighted by atomic mass is 10.2. The van der Waals surface area contributed by atoms with E-state index in [0.717, 1.165) is 43.7 Å². The molecule has 0 radical (unpaired) electrons. The van der Waals surface area contributed by atoms with Gasteiger partial charge in [-0.25, -0.2) is 15.0 Å². The van der Waals surface area contributed by atoms with Crippen LogP contribution in [0.3, 0.4) is 0 Å². The number of nitrogens with one attached hydrogen (secondary N) is 3. The Labute approximate surface area is 160 Å². The third-order valence-electron chi connectivity index (χ3n) is 4.60. The van der Waals surface area contributed by atoms with E-state index in [1.54, 1.807) is 0 Å². The smallest absolute Gasteiger partial charge is 0.229 e. The maximum absolute atomic E-state index is 5.62. The molecule has 1 aromatic heterocycles. The molecule has 0 spiro atoms. The molecule has 2 heterocycles. The molecule has 1 aliphatic carbocycles. The van der Waals surface area contributed by atoms with Crippen LogP contribution in [0.1, 0.15) is 49.9 Å². The fourth-order valence-corrected chi connectivity index (χ4v) is 3.54. The van der Waals surface area contributed by atoms with Crippen LogP contribution in [-0.2, 0) is 4.74 Å². The van der Waals surface area contributed by atoms with E-state index in [0.29, 0.717) is 29.6 Å². The molecule has 1 atom stereocenters. The number of aryl methyl sites for hydroxylation is 2. The molecule has 2 fully saturated rings. The molecule has 26 heavy (non-hydrogen) atoms. The van der Waals surface area contributed by atoms with E-state index in [9.17, 15) is 0 Å². The maximum atomic E-state index is 5.62. The van der Waals surface area contributed by atoms with Crippen LogP contribution in [-0.4, -0.2) is 46.3 Å². The summed E-state index contributed by atoms with van der Waals surface area (Å²) in [6.45, 7) is 5.46. The Balaban J connectivity index is 1.63. The number of ether oxygens (including phenoxy) is 1. The fraction of sp³-hybridized carbons (Fsp3) is 0.667. The van der Waals surface area contributed by atoms with Crippen LogP contribution in [0.15, 0.2) is 11.1 Å². The van der Waals surface area contributed by atoms with Crippen LogP contribution in [0, 0.1) is 13.8 Å². The summed E-state index contributed by atoms with van der Waals surface area (Å²) in [4.78, 5) is 13.7. The van der Waals surface area contributed by atoms with Gasteiger partial charge in [-0.15, -0.1) is 0 Å². The van der Waals surface area contributed by atoms with Crippen LogP contribution in [0.4, 0.5) is 5.95 Å². The SMILES string of the molecule is Cc1cc(C)nc(NC(=NC2CCCC2)NC(=S)NCC2CCCO2)n1. The average Bonchev–Trinajstić information content (AvgIpc) is 3.25. The van der Waals surface area contributed by atoms with Crippen molar-refractivity contribution in [3.8, 4) is 0 Å². The van der Waals surface area contributed by atoms with Crippen molar-refractivity contribution in [1.29, 1.82) is 0 Å². The van der Waals surface area contributed by atoms with Gasteiger partial charge in [0.05, 0.1) is 12.1 Å². The summed E-state index contributed by atoms with van der Waals surface area (Å²) in [5.41, 5.74) is 1.83. The molecule has 142 valence electrons. The van der Waals surface area contributed by atoms with Crippen LogP contribution in [0.5, 0.6) is 0 Å². The molecule has 1 saturated heterocycles. The van der Waals surface area contributed by atoms with E-state index in [4.69, 9.17) is 21.9 Å². The summed E-state index contributed by atoms with van der Waals surface area (Å²) >= 11 is 5.43. The lowest BCUT2D eigenvalue weighted by Gasteiger charge is -2.17. The van der Waals surface area contributed by atoms with E-state index in [1.165, 1.54) is 12.8 Å². The minimum atomic E-state index is 0.237. The number of guanidine groups is 1. The van der Waals surface area contributed by atoms with Gasteiger partial charge >= 0.3 is 0 Å². The van der Waals surface area contributed by atoms with Gasteiger partial charge in [0, 0.05) is 24.5 Å². The quantitative estimate of drug-likeness (QED) is 0.423. The van der Waals surface area contributed by atoms with Gasteiger partial charge in [-0.05, 0) is 57.8 Å². The van der Waals surface area contributed by atoms with Crippen LogP contribution in [0.2, 0.25) is 0 Å². The van der Waals surface area contributed by atoms with Crippen LogP contribution < -0.4 is 16.0 Å². The number of nitrogens with zero attached hydrogens (tertiary/aromatic N) is 3. The van der Waals surface area contributed by atoms with E-state index in [1.807, 2.05) is 19.9 Å². The number of aromatic nitrogens is 2. The molecule has 7 nitrogen and oxygen atoms in total.